The fraction of sp³-hybridized carbons (Fsp3) is 0.846. The molecule has 0 unspecified atom stereocenters. The number of likely N-dealkylation sites (tertiary alicyclic amines) is 1. The van der Waals surface area contributed by atoms with E-state index in [0.29, 0.717) is 45.8 Å². The molecule has 0 aromatic carbocycles. The van der Waals surface area contributed by atoms with Crippen LogP contribution in [0.3, 0.4) is 0 Å². The molecule has 3 amide bonds. The Hall–Kier alpha value is -1.34. The number of nitrogens with one attached hydrogen (secondary N) is 1. The van der Waals surface area contributed by atoms with E-state index in [-0.39, 0.29) is 30.1 Å². The molecule has 20 heavy (non-hydrogen) atoms. The summed E-state index contributed by atoms with van der Waals surface area (Å²) in [6.45, 7) is 3.60. The third-order valence-corrected chi connectivity index (χ3v) is 4.30. The number of amides is 3. The number of fused-ring (bicyclic) bond motifs is 2. The standard InChI is InChI=1S/C13H21N3O4/c1-14-13(18)16-7-9-6-10(11(8-16)20-9)12(17)15-2-4-19-5-3-15/h9-11H,2-8H2,1H3,(H,14,18)/t9-,10-,11-/m1/s1. The van der Waals surface area contributed by atoms with Crippen molar-refractivity contribution in [3.63, 3.8) is 0 Å². The summed E-state index contributed by atoms with van der Waals surface area (Å²) in [4.78, 5) is 27.9. The summed E-state index contributed by atoms with van der Waals surface area (Å²) in [7, 11) is 1.62. The van der Waals surface area contributed by atoms with Crippen molar-refractivity contribution in [3.8, 4) is 0 Å². The van der Waals surface area contributed by atoms with Gasteiger partial charge in [0.15, 0.2) is 0 Å². The van der Waals surface area contributed by atoms with E-state index in [9.17, 15) is 9.59 Å². The highest BCUT2D eigenvalue weighted by Gasteiger charge is 2.46. The normalized spacial score (nSPS) is 33.1. The maximum atomic E-state index is 12.6. The third-order valence-electron chi connectivity index (χ3n) is 4.30. The molecule has 0 saturated carbocycles. The van der Waals surface area contributed by atoms with E-state index < -0.39 is 0 Å². The molecule has 3 atom stereocenters. The zero-order valence-corrected chi connectivity index (χ0v) is 11.7. The lowest BCUT2D eigenvalue weighted by molar-refractivity contribution is -0.142. The van der Waals surface area contributed by atoms with Crippen molar-refractivity contribution < 1.29 is 19.1 Å². The van der Waals surface area contributed by atoms with Crippen LogP contribution in [0, 0.1) is 5.92 Å². The van der Waals surface area contributed by atoms with Gasteiger partial charge in [-0.2, -0.15) is 0 Å². The molecule has 7 heteroatoms. The van der Waals surface area contributed by atoms with Crippen molar-refractivity contribution in [1.29, 1.82) is 0 Å². The number of hydrogen-bond acceptors (Lipinski definition) is 4. The first-order valence-electron chi connectivity index (χ1n) is 7.17. The first-order valence-corrected chi connectivity index (χ1v) is 7.17. The molecule has 7 nitrogen and oxygen atoms in total. The SMILES string of the molecule is CNC(=O)N1C[C@H]2C[C@@H](C(=O)N3CCOCC3)[C@@H](C1)O2. The molecule has 3 rings (SSSR count). The monoisotopic (exact) mass is 283 g/mol. The average Bonchev–Trinajstić information content (AvgIpc) is 2.80. The Morgan fingerprint density at radius 1 is 1.15 bits per heavy atom. The van der Waals surface area contributed by atoms with Crippen LogP contribution in [0.4, 0.5) is 4.79 Å². The molecule has 1 N–H and O–H groups in total. The van der Waals surface area contributed by atoms with Gasteiger partial charge in [0.05, 0.1) is 31.3 Å². The van der Waals surface area contributed by atoms with E-state index in [4.69, 9.17) is 9.47 Å². The maximum Gasteiger partial charge on any atom is 0.317 e. The Labute approximate surface area is 118 Å². The number of nitrogens with zero attached hydrogens (tertiary/aromatic N) is 2. The van der Waals surface area contributed by atoms with Crippen molar-refractivity contribution >= 4 is 11.9 Å². The van der Waals surface area contributed by atoms with Gasteiger partial charge in [-0.05, 0) is 6.42 Å². The van der Waals surface area contributed by atoms with E-state index in [1.165, 1.54) is 0 Å². The molecule has 0 aromatic rings. The summed E-state index contributed by atoms with van der Waals surface area (Å²) >= 11 is 0. The van der Waals surface area contributed by atoms with Crippen LogP contribution in [0.1, 0.15) is 6.42 Å². The van der Waals surface area contributed by atoms with E-state index >= 15 is 0 Å². The topological polar surface area (TPSA) is 71.1 Å². The number of ether oxygens (including phenoxy) is 2. The van der Waals surface area contributed by atoms with Crippen molar-refractivity contribution in [2.24, 2.45) is 5.92 Å². The molecule has 112 valence electrons. The highest BCUT2D eigenvalue weighted by Crippen LogP contribution is 2.33. The minimum Gasteiger partial charge on any atom is -0.378 e. The number of carbonyl (C=O) groups is 2. The fourth-order valence-electron chi connectivity index (χ4n) is 3.26. The molecule has 0 radical (unpaired) electrons. The summed E-state index contributed by atoms with van der Waals surface area (Å²) in [6.07, 6.45) is 0.538. The minimum absolute atomic E-state index is 0.0129. The number of hydrogen-bond donors (Lipinski definition) is 1. The summed E-state index contributed by atoms with van der Waals surface area (Å²) in [5.41, 5.74) is 0. The van der Waals surface area contributed by atoms with Crippen LogP contribution in [0.2, 0.25) is 0 Å². The van der Waals surface area contributed by atoms with Crippen molar-refractivity contribution in [2.75, 3.05) is 46.4 Å². The lowest BCUT2D eigenvalue weighted by atomic mass is 9.98. The minimum atomic E-state index is -0.165. The molecular weight excluding hydrogens is 262 g/mol. The Morgan fingerprint density at radius 2 is 1.90 bits per heavy atom. The van der Waals surface area contributed by atoms with Gasteiger partial charge in [0.2, 0.25) is 5.91 Å². The Bertz CT molecular complexity index is 397. The molecule has 0 aliphatic carbocycles. The van der Waals surface area contributed by atoms with Gasteiger partial charge in [-0.15, -0.1) is 0 Å². The number of urea groups is 1. The predicted molar refractivity (Wildman–Crippen MR) is 70.2 cm³/mol. The highest BCUT2D eigenvalue weighted by atomic mass is 16.5. The van der Waals surface area contributed by atoms with Gasteiger partial charge in [-0.3, -0.25) is 4.79 Å². The Kier molecular flexibility index (Phi) is 3.80. The first kappa shape index (κ1) is 13.6. The van der Waals surface area contributed by atoms with Gasteiger partial charge in [0, 0.05) is 33.2 Å². The molecule has 3 aliphatic heterocycles. The first-order chi connectivity index (χ1) is 9.69. The van der Waals surface area contributed by atoms with Crippen molar-refractivity contribution in [2.45, 2.75) is 18.6 Å². The molecular formula is C13H21N3O4. The third kappa shape index (κ3) is 2.47. The molecule has 3 heterocycles. The number of rotatable bonds is 1. The van der Waals surface area contributed by atoms with Crippen LogP contribution in [0.5, 0.6) is 0 Å². The quantitative estimate of drug-likeness (QED) is 0.689. The van der Waals surface area contributed by atoms with Crippen LogP contribution < -0.4 is 5.32 Å². The Balaban J connectivity index is 1.64. The van der Waals surface area contributed by atoms with Gasteiger partial charge in [0.1, 0.15) is 0 Å². The van der Waals surface area contributed by atoms with E-state index in [1.807, 2.05) is 4.90 Å². The van der Waals surface area contributed by atoms with E-state index in [0.717, 1.165) is 0 Å². The highest BCUT2D eigenvalue weighted by molar-refractivity contribution is 5.80. The molecule has 2 bridgehead atoms. The summed E-state index contributed by atoms with van der Waals surface area (Å²) in [6, 6.07) is -0.0947. The van der Waals surface area contributed by atoms with Crippen molar-refractivity contribution in [3.05, 3.63) is 0 Å². The van der Waals surface area contributed by atoms with Gasteiger partial charge in [0.25, 0.3) is 0 Å². The van der Waals surface area contributed by atoms with Gasteiger partial charge in [-0.25, -0.2) is 4.79 Å². The second-order valence-electron chi connectivity index (χ2n) is 5.54. The lowest BCUT2D eigenvalue weighted by Gasteiger charge is -2.34. The van der Waals surface area contributed by atoms with E-state index in [1.54, 1.807) is 11.9 Å². The molecule has 0 spiro atoms. The fourth-order valence-corrected chi connectivity index (χ4v) is 3.26. The van der Waals surface area contributed by atoms with Crippen molar-refractivity contribution in [1.82, 2.24) is 15.1 Å². The van der Waals surface area contributed by atoms with Gasteiger partial charge >= 0.3 is 6.03 Å². The zero-order valence-electron chi connectivity index (χ0n) is 11.7. The van der Waals surface area contributed by atoms with Gasteiger partial charge < -0.3 is 24.6 Å². The Morgan fingerprint density at radius 3 is 2.60 bits per heavy atom. The molecule has 3 aliphatic rings. The summed E-state index contributed by atoms with van der Waals surface area (Å²) < 4.78 is 11.1. The molecule has 3 saturated heterocycles. The second kappa shape index (κ2) is 5.57. The van der Waals surface area contributed by atoms with Crippen LogP contribution in [0.25, 0.3) is 0 Å². The van der Waals surface area contributed by atoms with E-state index in [2.05, 4.69) is 5.32 Å². The largest absolute Gasteiger partial charge is 0.378 e. The summed E-state index contributed by atoms with van der Waals surface area (Å²) in [5, 5.41) is 2.63. The molecule has 0 aromatic heterocycles. The van der Waals surface area contributed by atoms with Gasteiger partial charge in [-0.1, -0.05) is 0 Å². The maximum absolute atomic E-state index is 12.6. The average molecular weight is 283 g/mol. The van der Waals surface area contributed by atoms with Crippen LogP contribution in [-0.4, -0.2) is 80.4 Å². The molecule has 3 fully saturated rings. The predicted octanol–water partition coefficient (Wildman–Crippen LogP) is -0.726. The van der Waals surface area contributed by atoms with Crippen LogP contribution in [-0.2, 0) is 14.3 Å². The van der Waals surface area contributed by atoms with Crippen LogP contribution >= 0.6 is 0 Å². The summed E-state index contributed by atoms with van der Waals surface area (Å²) in [5.74, 6) is 0.0345. The van der Waals surface area contributed by atoms with Crippen LogP contribution in [0.15, 0.2) is 0 Å². The zero-order chi connectivity index (χ0) is 14.1. The lowest BCUT2D eigenvalue weighted by Crippen LogP contribution is -2.51. The second-order valence-corrected chi connectivity index (χ2v) is 5.54. The number of carbonyl (C=O) groups excluding carboxylic acids is 2. The smallest absolute Gasteiger partial charge is 0.317 e. The number of morpholine rings is 2.